The Morgan fingerprint density at radius 3 is 2.66 bits per heavy atom. The molecule has 0 radical (unpaired) electrons. The smallest absolute Gasteiger partial charge is 0.309 e. The second kappa shape index (κ2) is 9.36. The molecule has 0 bridgehead atoms. The van der Waals surface area contributed by atoms with Crippen molar-refractivity contribution >= 4 is 16.0 Å². The second-order valence-electron chi connectivity index (χ2n) is 6.62. The summed E-state index contributed by atoms with van der Waals surface area (Å²) in [5, 5.41) is 3.94. The van der Waals surface area contributed by atoms with Crippen molar-refractivity contribution in [3.8, 4) is 17.1 Å². The van der Waals surface area contributed by atoms with E-state index in [-0.39, 0.29) is 30.1 Å². The highest BCUT2D eigenvalue weighted by Gasteiger charge is 2.31. The van der Waals surface area contributed by atoms with Crippen LogP contribution in [0.1, 0.15) is 32.6 Å². The van der Waals surface area contributed by atoms with Crippen LogP contribution in [-0.2, 0) is 26.2 Å². The molecule has 1 aliphatic rings. The van der Waals surface area contributed by atoms with Crippen molar-refractivity contribution in [2.75, 3.05) is 25.4 Å². The van der Waals surface area contributed by atoms with Crippen molar-refractivity contribution in [2.24, 2.45) is 5.92 Å². The van der Waals surface area contributed by atoms with E-state index in [0.717, 1.165) is 0 Å². The van der Waals surface area contributed by atoms with Crippen LogP contribution in [0, 0.1) is 5.92 Å². The highest BCUT2D eigenvalue weighted by molar-refractivity contribution is 7.89. The third-order valence-electron chi connectivity index (χ3n) is 4.78. The van der Waals surface area contributed by atoms with Crippen molar-refractivity contribution in [3.05, 3.63) is 30.2 Å². The molecule has 0 unspecified atom stereocenters. The van der Waals surface area contributed by atoms with Crippen molar-refractivity contribution in [2.45, 2.75) is 33.3 Å². The first-order valence-electron chi connectivity index (χ1n) is 9.63. The minimum Gasteiger partial charge on any atom is -0.493 e. The molecule has 1 aromatic heterocycles. The van der Waals surface area contributed by atoms with Crippen molar-refractivity contribution < 1.29 is 27.2 Å². The minimum atomic E-state index is -3.22. The van der Waals surface area contributed by atoms with Crippen LogP contribution in [-0.4, -0.2) is 54.3 Å². The lowest BCUT2D eigenvalue weighted by Gasteiger charge is -2.29. The largest absolute Gasteiger partial charge is 0.493 e. The molecule has 0 aliphatic carbocycles. The number of ether oxygens (including phenoxy) is 2. The minimum absolute atomic E-state index is 0.0635. The number of piperidine rings is 1. The van der Waals surface area contributed by atoms with Gasteiger partial charge in [-0.15, -0.1) is 0 Å². The van der Waals surface area contributed by atoms with E-state index in [1.54, 1.807) is 6.92 Å². The predicted molar refractivity (Wildman–Crippen MR) is 104 cm³/mol. The topological polar surface area (TPSA) is 112 Å². The molecule has 9 nitrogen and oxygen atoms in total. The lowest BCUT2D eigenvalue weighted by molar-refractivity contribution is -0.152. The molecule has 0 spiro atoms. The number of para-hydroxylation sites is 1. The predicted octanol–water partition coefficient (Wildman–Crippen LogP) is 2.24. The van der Waals surface area contributed by atoms with E-state index in [4.69, 9.17) is 14.0 Å². The molecule has 1 aliphatic heterocycles. The average Bonchev–Trinajstić information content (AvgIpc) is 3.21. The number of sulfonamides is 1. The standard InChI is InChI=1S/C19H25N3O6S/c1-3-26-16-8-6-5-7-15(16)18-20-17(28-21-18)13-27-19(23)14-9-11-22(12-10-14)29(24,25)4-2/h5-8,14H,3-4,9-13H2,1-2H3. The van der Waals surface area contributed by atoms with Gasteiger partial charge in [0.1, 0.15) is 5.75 Å². The summed E-state index contributed by atoms with van der Waals surface area (Å²) >= 11 is 0. The van der Waals surface area contributed by atoms with Crippen molar-refractivity contribution in [3.63, 3.8) is 0 Å². The molecule has 0 saturated carbocycles. The number of benzene rings is 1. The van der Waals surface area contributed by atoms with Gasteiger partial charge in [-0.25, -0.2) is 12.7 Å². The number of hydrogen-bond donors (Lipinski definition) is 0. The molecule has 1 saturated heterocycles. The molecule has 2 heterocycles. The fourth-order valence-electron chi connectivity index (χ4n) is 3.16. The second-order valence-corrected chi connectivity index (χ2v) is 8.88. The van der Waals surface area contributed by atoms with Crippen LogP contribution in [0.15, 0.2) is 28.8 Å². The summed E-state index contributed by atoms with van der Waals surface area (Å²) in [5.74, 6) is 0.540. The van der Waals surface area contributed by atoms with Crippen LogP contribution in [0.25, 0.3) is 11.4 Å². The maximum Gasteiger partial charge on any atom is 0.309 e. The first kappa shape index (κ1) is 21.3. The van der Waals surface area contributed by atoms with Crippen molar-refractivity contribution in [1.29, 1.82) is 0 Å². The quantitative estimate of drug-likeness (QED) is 0.594. The van der Waals surface area contributed by atoms with Crippen molar-refractivity contribution in [1.82, 2.24) is 14.4 Å². The van der Waals surface area contributed by atoms with Crippen LogP contribution in [0.5, 0.6) is 5.75 Å². The van der Waals surface area contributed by atoms with Crippen LogP contribution in [0.4, 0.5) is 0 Å². The summed E-state index contributed by atoms with van der Waals surface area (Å²) in [6, 6.07) is 7.34. The Bertz CT molecular complexity index is 935. The summed E-state index contributed by atoms with van der Waals surface area (Å²) in [5.41, 5.74) is 0.695. The number of esters is 1. The zero-order chi connectivity index (χ0) is 20.9. The van der Waals surface area contributed by atoms with Gasteiger partial charge in [-0.1, -0.05) is 17.3 Å². The molecule has 29 heavy (non-hydrogen) atoms. The van der Waals surface area contributed by atoms with E-state index < -0.39 is 10.0 Å². The van der Waals surface area contributed by atoms with Crippen LogP contribution in [0.3, 0.4) is 0 Å². The van der Waals surface area contributed by atoms with Gasteiger partial charge in [0.25, 0.3) is 5.89 Å². The van der Waals surface area contributed by atoms with Crippen LogP contribution >= 0.6 is 0 Å². The summed E-state index contributed by atoms with van der Waals surface area (Å²) in [7, 11) is -3.22. The van der Waals surface area contributed by atoms with Crippen LogP contribution < -0.4 is 4.74 Å². The number of aromatic nitrogens is 2. The Kier molecular flexibility index (Phi) is 6.86. The van der Waals surface area contributed by atoms with Gasteiger partial charge in [0.2, 0.25) is 15.8 Å². The molecular formula is C19H25N3O6S. The molecule has 0 N–H and O–H groups in total. The molecule has 1 fully saturated rings. The molecule has 3 rings (SSSR count). The maximum absolute atomic E-state index is 12.3. The van der Waals surface area contributed by atoms with Gasteiger partial charge in [0.05, 0.1) is 23.8 Å². The maximum atomic E-state index is 12.3. The van der Waals surface area contributed by atoms with Gasteiger partial charge in [0.15, 0.2) is 6.61 Å². The average molecular weight is 423 g/mol. The molecule has 0 atom stereocenters. The first-order chi connectivity index (χ1) is 13.9. The van der Waals surface area contributed by atoms with E-state index in [1.807, 2.05) is 31.2 Å². The van der Waals surface area contributed by atoms with Gasteiger partial charge >= 0.3 is 5.97 Å². The molecule has 0 amide bonds. The Hall–Kier alpha value is -2.46. The van der Waals surface area contributed by atoms with E-state index in [1.165, 1.54) is 4.31 Å². The normalized spacial score (nSPS) is 15.9. The number of carbonyl (C=O) groups is 1. The number of hydrogen-bond acceptors (Lipinski definition) is 8. The first-order valence-corrected chi connectivity index (χ1v) is 11.2. The van der Waals surface area contributed by atoms with E-state index >= 15 is 0 Å². The monoisotopic (exact) mass is 423 g/mol. The summed E-state index contributed by atoms with van der Waals surface area (Å²) in [6.45, 7) is 4.54. The third kappa shape index (κ3) is 5.13. The van der Waals surface area contributed by atoms with Crippen LogP contribution in [0.2, 0.25) is 0 Å². The third-order valence-corrected chi connectivity index (χ3v) is 6.66. The molecule has 2 aromatic rings. The molecule has 10 heteroatoms. The van der Waals surface area contributed by atoms with Gasteiger partial charge < -0.3 is 14.0 Å². The summed E-state index contributed by atoms with van der Waals surface area (Å²) in [4.78, 5) is 16.6. The Labute approximate surface area is 170 Å². The van der Waals surface area contributed by atoms with Gasteiger partial charge in [0, 0.05) is 13.1 Å². The fourth-order valence-corrected chi connectivity index (χ4v) is 4.29. The fraction of sp³-hybridized carbons (Fsp3) is 0.526. The van der Waals surface area contributed by atoms with Gasteiger partial charge in [-0.3, -0.25) is 4.79 Å². The van der Waals surface area contributed by atoms with E-state index in [2.05, 4.69) is 10.1 Å². The molecule has 1 aromatic carbocycles. The molecular weight excluding hydrogens is 398 g/mol. The Balaban J connectivity index is 1.55. The number of carbonyl (C=O) groups excluding carboxylic acids is 1. The lowest BCUT2D eigenvalue weighted by atomic mass is 9.98. The Morgan fingerprint density at radius 1 is 1.24 bits per heavy atom. The molecule has 158 valence electrons. The zero-order valence-corrected chi connectivity index (χ0v) is 17.4. The summed E-state index contributed by atoms with van der Waals surface area (Å²) < 4.78 is 41.3. The van der Waals surface area contributed by atoms with Gasteiger partial charge in [-0.2, -0.15) is 4.98 Å². The number of nitrogens with zero attached hydrogens (tertiary/aromatic N) is 3. The van der Waals surface area contributed by atoms with Gasteiger partial charge in [-0.05, 0) is 38.8 Å². The highest BCUT2D eigenvalue weighted by Crippen LogP contribution is 2.28. The van der Waals surface area contributed by atoms with E-state index in [9.17, 15) is 13.2 Å². The zero-order valence-electron chi connectivity index (χ0n) is 16.5. The lowest BCUT2D eigenvalue weighted by Crippen LogP contribution is -2.41. The Morgan fingerprint density at radius 2 is 1.97 bits per heavy atom. The summed E-state index contributed by atoms with van der Waals surface area (Å²) in [6.07, 6.45) is 0.879. The highest BCUT2D eigenvalue weighted by atomic mass is 32.2. The van der Waals surface area contributed by atoms with E-state index in [0.29, 0.717) is 49.7 Å². The number of rotatable bonds is 8. The SMILES string of the molecule is CCOc1ccccc1-c1noc(COC(=O)C2CCN(S(=O)(=O)CC)CC2)n1.